The molecular weight excluding hydrogens is 368 g/mol. The number of likely N-dealkylation sites (N-methyl/N-ethyl adjacent to an activating group) is 1. The number of fused-ring (bicyclic) bond motifs is 2. The summed E-state index contributed by atoms with van der Waals surface area (Å²) < 4.78 is 11.7. The van der Waals surface area contributed by atoms with Gasteiger partial charge in [0.15, 0.2) is 6.10 Å². The van der Waals surface area contributed by atoms with E-state index in [4.69, 9.17) is 9.15 Å². The lowest BCUT2D eigenvalue weighted by atomic mass is 10.1. The third kappa shape index (κ3) is 3.49. The minimum Gasteiger partial charge on any atom is -0.477 e. The van der Waals surface area contributed by atoms with Crippen molar-refractivity contribution < 1.29 is 18.7 Å². The number of carbonyl (C=O) groups excluding carboxylic acids is 2. The summed E-state index contributed by atoms with van der Waals surface area (Å²) in [5, 5.41) is 3.55. The smallest absolute Gasteiger partial charge is 0.262 e. The van der Waals surface area contributed by atoms with Gasteiger partial charge < -0.3 is 19.4 Å². The Bertz CT molecular complexity index is 1100. The molecule has 1 N–H and O–H groups in total. The normalized spacial score (nSPS) is 15.9. The first-order valence-corrected chi connectivity index (χ1v) is 9.59. The van der Waals surface area contributed by atoms with Crippen LogP contribution in [0.5, 0.6) is 5.75 Å². The first-order chi connectivity index (χ1) is 14.1. The molecule has 1 unspecified atom stereocenters. The van der Waals surface area contributed by atoms with Crippen molar-refractivity contribution in [2.75, 3.05) is 18.5 Å². The van der Waals surface area contributed by atoms with E-state index in [1.54, 1.807) is 24.1 Å². The number of nitrogens with zero attached hydrogens (tertiary/aromatic N) is 1. The highest BCUT2D eigenvalue weighted by Gasteiger charge is 2.32. The summed E-state index contributed by atoms with van der Waals surface area (Å²) >= 11 is 0. The van der Waals surface area contributed by atoms with Gasteiger partial charge in [0.05, 0.1) is 12.2 Å². The van der Waals surface area contributed by atoms with E-state index in [1.807, 2.05) is 49.4 Å². The molecule has 0 saturated carbocycles. The van der Waals surface area contributed by atoms with Crippen LogP contribution in [0.4, 0.5) is 5.69 Å². The van der Waals surface area contributed by atoms with Crippen LogP contribution in [-0.2, 0) is 16.0 Å². The predicted octanol–water partition coefficient (Wildman–Crippen LogP) is 3.55. The van der Waals surface area contributed by atoms with Gasteiger partial charge >= 0.3 is 0 Å². The fourth-order valence-electron chi connectivity index (χ4n) is 3.55. The van der Waals surface area contributed by atoms with Crippen LogP contribution in [0.15, 0.2) is 59.0 Å². The fourth-order valence-corrected chi connectivity index (χ4v) is 3.55. The molecule has 1 aliphatic rings. The number of benzene rings is 2. The molecule has 29 heavy (non-hydrogen) atoms. The second-order valence-electron chi connectivity index (χ2n) is 6.76. The Morgan fingerprint density at radius 2 is 1.93 bits per heavy atom. The third-order valence-corrected chi connectivity index (χ3v) is 5.00. The molecule has 6 heteroatoms. The number of para-hydroxylation sites is 3. The lowest BCUT2D eigenvalue weighted by Gasteiger charge is -2.33. The van der Waals surface area contributed by atoms with Gasteiger partial charge in [0.2, 0.25) is 0 Å². The molecule has 3 aromatic rings. The maximum absolute atomic E-state index is 13.1. The number of hydrogen-bond acceptors (Lipinski definition) is 4. The number of ether oxygens (including phenoxy) is 1. The largest absolute Gasteiger partial charge is 0.477 e. The zero-order valence-electron chi connectivity index (χ0n) is 16.3. The van der Waals surface area contributed by atoms with Gasteiger partial charge in [0.1, 0.15) is 17.1 Å². The number of rotatable bonds is 4. The zero-order chi connectivity index (χ0) is 20.4. The first-order valence-electron chi connectivity index (χ1n) is 9.59. The van der Waals surface area contributed by atoms with Crippen LogP contribution in [0.3, 0.4) is 0 Å². The summed E-state index contributed by atoms with van der Waals surface area (Å²) in [6.45, 7) is 2.16. The summed E-state index contributed by atoms with van der Waals surface area (Å²) in [6.07, 6.45) is 3.29. The quantitative estimate of drug-likeness (QED) is 0.692. The minimum absolute atomic E-state index is 0.145. The summed E-state index contributed by atoms with van der Waals surface area (Å²) in [5.74, 6) is 0.857. The standard InChI is InChI=1S/C23H22N2O4/c1-3-18-16(15-8-4-6-10-19(15)28-18)12-13-22(26)25-14-21(23(27)24-2)29-20-11-7-5-9-17(20)25/h4-13,21H,3,14H2,1-2H3,(H,24,27)/b13-12+. The van der Waals surface area contributed by atoms with Crippen molar-refractivity contribution >= 4 is 34.5 Å². The third-order valence-electron chi connectivity index (χ3n) is 5.00. The van der Waals surface area contributed by atoms with E-state index in [0.717, 1.165) is 28.7 Å². The van der Waals surface area contributed by atoms with Crippen molar-refractivity contribution in [2.45, 2.75) is 19.4 Å². The average Bonchev–Trinajstić information content (AvgIpc) is 3.13. The Morgan fingerprint density at radius 3 is 2.72 bits per heavy atom. The van der Waals surface area contributed by atoms with Crippen LogP contribution in [0.2, 0.25) is 0 Å². The Kier molecular flexibility index (Phi) is 5.08. The van der Waals surface area contributed by atoms with Crippen LogP contribution >= 0.6 is 0 Å². The lowest BCUT2D eigenvalue weighted by Crippen LogP contribution is -2.49. The van der Waals surface area contributed by atoms with Crippen molar-refractivity contribution in [3.63, 3.8) is 0 Å². The van der Waals surface area contributed by atoms with Gasteiger partial charge in [0, 0.05) is 30.5 Å². The van der Waals surface area contributed by atoms with E-state index in [0.29, 0.717) is 11.4 Å². The Labute approximate surface area is 168 Å². The van der Waals surface area contributed by atoms with E-state index >= 15 is 0 Å². The molecule has 1 aliphatic heterocycles. The van der Waals surface area contributed by atoms with E-state index in [2.05, 4.69) is 5.32 Å². The van der Waals surface area contributed by atoms with Crippen molar-refractivity contribution in [3.8, 4) is 5.75 Å². The second-order valence-corrected chi connectivity index (χ2v) is 6.76. The molecule has 0 spiro atoms. The number of aryl methyl sites for hydroxylation is 1. The highest BCUT2D eigenvalue weighted by atomic mass is 16.5. The Morgan fingerprint density at radius 1 is 1.17 bits per heavy atom. The molecule has 148 valence electrons. The van der Waals surface area contributed by atoms with Gasteiger partial charge in [-0.3, -0.25) is 9.59 Å². The summed E-state index contributed by atoms with van der Waals surface area (Å²) in [5.41, 5.74) is 2.35. The van der Waals surface area contributed by atoms with Gasteiger partial charge in [-0.15, -0.1) is 0 Å². The van der Waals surface area contributed by atoms with Crippen LogP contribution in [0.25, 0.3) is 17.0 Å². The monoisotopic (exact) mass is 390 g/mol. The summed E-state index contributed by atoms with van der Waals surface area (Å²) in [7, 11) is 1.55. The van der Waals surface area contributed by atoms with Crippen LogP contribution in [0.1, 0.15) is 18.2 Å². The van der Waals surface area contributed by atoms with Crippen LogP contribution in [-0.4, -0.2) is 31.5 Å². The number of carbonyl (C=O) groups is 2. The molecule has 0 radical (unpaired) electrons. The maximum Gasteiger partial charge on any atom is 0.262 e. The summed E-state index contributed by atoms with van der Waals surface area (Å²) in [4.78, 5) is 26.8. The molecule has 0 saturated heterocycles. The molecule has 0 aliphatic carbocycles. The highest BCUT2D eigenvalue weighted by molar-refractivity contribution is 6.07. The first kappa shape index (κ1) is 18.8. The van der Waals surface area contributed by atoms with E-state index < -0.39 is 6.10 Å². The number of amides is 2. The molecule has 1 aromatic heterocycles. The van der Waals surface area contributed by atoms with Crippen LogP contribution < -0.4 is 15.0 Å². The zero-order valence-corrected chi connectivity index (χ0v) is 16.3. The number of anilines is 1. The van der Waals surface area contributed by atoms with Gasteiger partial charge in [-0.05, 0) is 24.3 Å². The Balaban J connectivity index is 1.67. The molecule has 2 heterocycles. The molecule has 6 nitrogen and oxygen atoms in total. The second kappa shape index (κ2) is 7.83. The van der Waals surface area contributed by atoms with Crippen molar-refractivity contribution in [1.29, 1.82) is 0 Å². The van der Waals surface area contributed by atoms with Crippen LogP contribution in [0, 0.1) is 0 Å². The van der Waals surface area contributed by atoms with E-state index in [9.17, 15) is 9.59 Å². The topological polar surface area (TPSA) is 71.8 Å². The van der Waals surface area contributed by atoms with Gasteiger partial charge in [-0.25, -0.2) is 0 Å². The van der Waals surface area contributed by atoms with Gasteiger partial charge in [-0.2, -0.15) is 0 Å². The maximum atomic E-state index is 13.1. The lowest BCUT2D eigenvalue weighted by molar-refractivity contribution is -0.127. The van der Waals surface area contributed by atoms with Crippen molar-refractivity contribution in [1.82, 2.24) is 5.32 Å². The predicted molar refractivity (Wildman–Crippen MR) is 112 cm³/mol. The number of hydrogen-bond donors (Lipinski definition) is 1. The highest BCUT2D eigenvalue weighted by Crippen LogP contribution is 2.34. The molecular formula is C23H22N2O4. The minimum atomic E-state index is -0.756. The molecule has 1 atom stereocenters. The molecule has 4 rings (SSSR count). The van der Waals surface area contributed by atoms with Gasteiger partial charge in [0.25, 0.3) is 11.8 Å². The Hall–Kier alpha value is -3.54. The number of furan rings is 1. The van der Waals surface area contributed by atoms with E-state index in [1.165, 1.54) is 6.08 Å². The van der Waals surface area contributed by atoms with Crippen molar-refractivity contribution in [3.05, 3.63) is 65.9 Å². The molecule has 0 fully saturated rings. The number of nitrogens with one attached hydrogen (secondary N) is 1. The average molecular weight is 390 g/mol. The molecule has 2 amide bonds. The van der Waals surface area contributed by atoms with E-state index in [-0.39, 0.29) is 18.4 Å². The SMILES string of the molecule is CCc1oc2ccccc2c1/C=C/C(=O)N1CC(C(=O)NC)Oc2ccccc21. The molecule has 2 aromatic carbocycles. The van der Waals surface area contributed by atoms with Gasteiger partial charge in [-0.1, -0.05) is 37.3 Å². The summed E-state index contributed by atoms with van der Waals surface area (Å²) in [6, 6.07) is 15.0. The van der Waals surface area contributed by atoms with Crippen molar-refractivity contribution in [2.24, 2.45) is 0 Å². The fraction of sp³-hybridized carbons (Fsp3) is 0.217. The molecule has 0 bridgehead atoms.